The Labute approximate surface area is 195 Å². The zero-order valence-corrected chi connectivity index (χ0v) is 19.4. The lowest BCUT2D eigenvalue weighted by molar-refractivity contribution is 0.0931. The van der Waals surface area contributed by atoms with Crippen LogP contribution in [0, 0.1) is 0 Å². The van der Waals surface area contributed by atoms with Gasteiger partial charge in [0.1, 0.15) is 10.7 Å². The normalized spacial score (nSPS) is 14.6. The van der Waals surface area contributed by atoms with Crippen LogP contribution in [0.1, 0.15) is 30.1 Å². The summed E-state index contributed by atoms with van der Waals surface area (Å²) in [5, 5.41) is 3.10. The number of para-hydroxylation sites is 1. The van der Waals surface area contributed by atoms with Crippen LogP contribution in [-0.2, 0) is 10.0 Å². The van der Waals surface area contributed by atoms with Crippen LogP contribution in [0.5, 0.6) is 0 Å². The SMILES string of the molecule is CCN(c1ccccc1)S(=O)(=O)c1ccc(N2CCC(NC(=O)c3ccccc3)CC2)nc1. The van der Waals surface area contributed by atoms with Crippen LogP contribution in [0.4, 0.5) is 11.5 Å². The summed E-state index contributed by atoms with van der Waals surface area (Å²) < 4.78 is 27.7. The maximum Gasteiger partial charge on any atom is 0.265 e. The first-order chi connectivity index (χ1) is 16.0. The van der Waals surface area contributed by atoms with Gasteiger partial charge in [-0.05, 0) is 56.2 Å². The van der Waals surface area contributed by atoms with E-state index in [4.69, 9.17) is 0 Å². The molecule has 0 bridgehead atoms. The minimum atomic E-state index is -3.70. The molecule has 3 aromatic rings. The summed E-state index contributed by atoms with van der Waals surface area (Å²) in [7, 11) is -3.70. The molecule has 1 aliphatic rings. The highest BCUT2D eigenvalue weighted by atomic mass is 32.2. The maximum absolute atomic E-state index is 13.1. The molecule has 0 aliphatic carbocycles. The standard InChI is InChI=1S/C25H28N4O3S/c1-2-29(22-11-7-4-8-12-22)33(31,32)23-13-14-24(26-19-23)28-17-15-21(16-18-28)27-25(30)20-9-5-3-6-10-20/h3-14,19,21H,2,15-18H2,1H3,(H,27,30). The van der Waals surface area contributed by atoms with Crippen molar-refractivity contribution in [3.05, 3.63) is 84.6 Å². The van der Waals surface area contributed by atoms with E-state index >= 15 is 0 Å². The molecule has 0 atom stereocenters. The zero-order chi connectivity index (χ0) is 23.3. The largest absolute Gasteiger partial charge is 0.356 e. The summed E-state index contributed by atoms with van der Waals surface area (Å²) in [6.45, 7) is 3.62. The molecule has 33 heavy (non-hydrogen) atoms. The highest BCUT2D eigenvalue weighted by Crippen LogP contribution is 2.25. The molecule has 1 amide bonds. The predicted octanol–water partition coefficient (Wildman–Crippen LogP) is 3.70. The topological polar surface area (TPSA) is 82.6 Å². The summed E-state index contributed by atoms with van der Waals surface area (Å²) >= 11 is 0. The number of hydrogen-bond acceptors (Lipinski definition) is 5. The van der Waals surface area contributed by atoms with E-state index in [-0.39, 0.29) is 16.8 Å². The fourth-order valence-electron chi connectivity index (χ4n) is 4.04. The summed E-state index contributed by atoms with van der Waals surface area (Å²) in [6, 6.07) is 21.8. The number of nitrogens with zero attached hydrogens (tertiary/aromatic N) is 3. The summed E-state index contributed by atoms with van der Waals surface area (Å²) in [5.41, 5.74) is 1.29. The quantitative estimate of drug-likeness (QED) is 0.577. The average molecular weight is 465 g/mol. The molecule has 1 aromatic heterocycles. The highest BCUT2D eigenvalue weighted by molar-refractivity contribution is 7.92. The molecule has 1 N–H and O–H groups in total. The third-order valence-corrected chi connectivity index (χ3v) is 7.72. The van der Waals surface area contributed by atoms with Gasteiger partial charge < -0.3 is 10.2 Å². The third-order valence-electron chi connectivity index (χ3n) is 5.83. The molecular formula is C25H28N4O3S. The van der Waals surface area contributed by atoms with Crippen LogP contribution in [0.25, 0.3) is 0 Å². The number of aromatic nitrogens is 1. The Hall–Kier alpha value is -3.39. The minimum absolute atomic E-state index is 0.0550. The molecular weight excluding hydrogens is 436 g/mol. The van der Waals surface area contributed by atoms with Crippen molar-refractivity contribution < 1.29 is 13.2 Å². The van der Waals surface area contributed by atoms with Crippen molar-refractivity contribution in [1.29, 1.82) is 0 Å². The molecule has 1 aliphatic heterocycles. The molecule has 0 spiro atoms. The van der Waals surface area contributed by atoms with Crippen LogP contribution in [0.3, 0.4) is 0 Å². The van der Waals surface area contributed by atoms with E-state index in [9.17, 15) is 13.2 Å². The lowest BCUT2D eigenvalue weighted by Crippen LogP contribution is -2.45. The van der Waals surface area contributed by atoms with Gasteiger partial charge in [-0.25, -0.2) is 13.4 Å². The second-order valence-electron chi connectivity index (χ2n) is 7.96. The Bertz CT molecular complexity index is 1160. The Kier molecular flexibility index (Phi) is 6.93. The number of nitrogens with one attached hydrogen (secondary N) is 1. The van der Waals surface area contributed by atoms with E-state index in [1.165, 1.54) is 10.5 Å². The number of sulfonamides is 1. The number of anilines is 2. The number of pyridine rings is 1. The van der Waals surface area contributed by atoms with E-state index < -0.39 is 10.0 Å². The van der Waals surface area contributed by atoms with Gasteiger partial charge in [0.05, 0.1) is 5.69 Å². The molecule has 2 heterocycles. The van der Waals surface area contributed by atoms with Crippen molar-refractivity contribution in [2.45, 2.75) is 30.7 Å². The van der Waals surface area contributed by atoms with Crippen molar-refractivity contribution in [2.75, 3.05) is 28.8 Å². The molecule has 2 aromatic carbocycles. The molecule has 1 fully saturated rings. The lowest BCUT2D eigenvalue weighted by Gasteiger charge is -2.33. The predicted molar refractivity (Wildman–Crippen MR) is 130 cm³/mol. The second kappa shape index (κ2) is 10.0. The smallest absolute Gasteiger partial charge is 0.265 e. The second-order valence-corrected chi connectivity index (χ2v) is 9.82. The van der Waals surface area contributed by atoms with Gasteiger partial charge in [-0.2, -0.15) is 0 Å². The van der Waals surface area contributed by atoms with Crippen LogP contribution in [0.2, 0.25) is 0 Å². The van der Waals surface area contributed by atoms with Crippen molar-refractivity contribution >= 4 is 27.4 Å². The number of amides is 1. The maximum atomic E-state index is 13.1. The Balaban J connectivity index is 1.38. The number of hydrogen-bond donors (Lipinski definition) is 1. The molecule has 0 radical (unpaired) electrons. The number of carbonyl (C=O) groups excluding carboxylic acids is 1. The summed E-state index contributed by atoms with van der Waals surface area (Å²) in [6.07, 6.45) is 3.04. The third kappa shape index (κ3) is 5.17. The molecule has 8 heteroatoms. The Morgan fingerprint density at radius 1 is 1.00 bits per heavy atom. The average Bonchev–Trinajstić information content (AvgIpc) is 2.86. The lowest BCUT2D eigenvalue weighted by atomic mass is 10.0. The monoisotopic (exact) mass is 464 g/mol. The van der Waals surface area contributed by atoms with E-state index in [2.05, 4.69) is 15.2 Å². The van der Waals surface area contributed by atoms with Crippen LogP contribution < -0.4 is 14.5 Å². The number of rotatable bonds is 7. The minimum Gasteiger partial charge on any atom is -0.356 e. The fourth-order valence-corrected chi connectivity index (χ4v) is 5.46. The van der Waals surface area contributed by atoms with Gasteiger partial charge in [-0.3, -0.25) is 9.10 Å². The first-order valence-electron chi connectivity index (χ1n) is 11.1. The van der Waals surface area contributed by atoms with Gasteiger partial charge in [0.2, 0.25) is 0 Å². The first kappa shape index (κ1) is 22.8. The van der Waals surface area contributed by atoms with Crippen molar-refractivity contribution in [3.8, 4) is 0 Å². The first-order valence-corrected chi connectivity index (χ1v) is 12.6. The van der Waals surface area contributed by atoms with Gasteiger partial charge in [0.15, 0.2) is 0 Å². The zero-order valence-electron chi connectivity index (χ0n) is 18.6. The van der Waals surface area contributed by atoms with Crippen LogP contribution in [0.15, 0.2) is 83.9 Å². The molecule has 172 valence electrons. The Morgan fingerprint density at radius 2 is 1.64 bits per heavy atom. The van der Waals surface area contributed by atoms with Gasteiger partial charge >= 0.3 is 0 Å². The number of piperidine rings is 1. The molecule has 1 saturated heterocycles. The van der Waals surface area contributed by atoms with Gasteiger partial charge in [-0.15, -0.1) is 0 Å². The van der Waals surface area contributed by atoms with Crippen LogP contribution >= 0.6 is 0 Å². The number of benzene rings is 2. The van der Waals surface area contributed by atoms with E-state index in [0.29, 0.717) is 17.8 Å². The van der Waals surface area contributed by atoms with E-state index in [0.717, 1.165) is 31.7 Å². The highest BCUT2D eigenvalue weighted by Gasteiger charge is 2.25. The fraction of sp³-hybridized carbons (Fsp3) is 0.280. The van der Waals surface area contributed by atoms with Crippen molar-refractivity contribution in [3.63, 3.8) is 0 Å². The van der Waals surface area contributed by atoms with Gasteiger partial charge in [-0.1, -0.05) is 36.4 Å². The summed E-state index contributed by atoms with van der Waals surface area (Å²) in [5.74, 6) is 0.685. The van der Waals surface area contributed by atoms with Crippen molar-refractivity contribution in [1.82, 2.24) is 10.3 Å². The Morgan fingerprint density at radius 3 is 2.21 bits per heavy atom. The molecule has 0 saturated carbocycles. The van der Waals surface area contributed by atoms with Crippen molar-refractivity contribution in [2.24, 2.45) is 0 Å². The molecule has 0 unspecified atom stereocenters. The van der Waals surface area contributed by atoms with Crippen LogP contribution in [-0.4, -0.2) is 45.0 Å². The molecule has 4 rings (SSSR count). The van der Waals surface area contributed by atoms with E-state index in [1.54, 1.807) is 36.4 Å². The molecule has 7 nitrogen and oxygen atoms in total. The van der Waals surface area contributed by atoms with Gasteiger partial charge in [0.25, 0.3) is 15.9 Å². The van der Waals surface area contributed by atoms with Gasteiger partial charge in [0, 0.05) is 37.4 Å². The van der Waals surface area contributed by atoms with E-state index in [1.807, 2.05) is 43.3 Å². The number of carbonyl (C=O) groups is 1. The summed E-state index contributed by atoms with van der Waals surface area (Å²) in [4.78, 5) is 19.1.